The number of ether oxygens (including phenoxy) is 1. The predicted octanol–water partition coefficient (Wildman–Crippen LogP) is 1.57. The molecule has 0 aromatic heterocycles. The summed E-state index contributed by atoms with van der Waals surface area (Å²) in [5, 5.41) is 13.3. The fourth-order valence-corrected chi connectivity index (χ4v) is 1.33. The first kappa shape index (κ1) is 13.2. The Labute approximate surface area is 103 Å². The minimum Gasteiger partial charge on any atom is -0.490 e. The molecule has 1 aromatic rings. The Morgan fingerprint density at radius 3 is 2.82 bits per heavy atom. The third-order valence-corrected chi connectivity index (χ3v) is 2.21. The quantitative estimate of drug-likeness (QED) is 0.494. The number of methoxy groups -OCH3 is 1. The van der Waals surface area contributed by atoms with Crippen LogP contribution in [0.2, 0.25) is 0 Å². The predicted molar refractivity (Wildman–Crippen MR) is 62.7 cm³/mol. The topological polar surface area (TPSA) is 81.5 Å². The third-order valence-electron chi connectivity index (χ3n) is 2.02. The second-order valence-corrected chi connectivity index (χ2v) is 3.47. The molecule has 92 valence electrons. The smallest absolute Gasteiger partial charge is 0.311 e. The van der Waals surface area contributed by atoms with Crippen LogP contribution in [0.15, 0.2) is 18.2 Å². The highest BCUT2D eigenvalue weighted by Gasteiger charge is 2.17. The van der Waals surface area contributed by atoms with Gasteiger partial charge in [-0.3, -0.25) is 14.9 Å². The summed E-state index contributed by atoms with van der Waals surface area (Å²) in [6.07, 6.45) is 0. The monoisotopic (exact) mass is 258 g/mol. The van der Waals surface area contributed by atoms with Crippen molar-refractivity contribution in [3.63, 3.8) is 0 Å². The molecular weight excluding hydrogens is 248 g/mol. The number of carbonyl (C=O) groups excluding carboxylic acids is 1. The maximum atomic E-state index is 11.5. The first-order valence-electron chi connectivity index (χ1n) is 4.76. The summed E-state index contributed by atoms with van der Waals surface area (Å²) < 4.78 is 4.83. The van der Waals surface area contributed by atoms with E-state index in [0.717, 1.165) is 0 Å². The van der Waals surface area contributed by atoms with Crippen LogP contribution in [-0.4, -0.2) is 30.4 Å². The Kier molecular flexibility index (Phi) is 4.71. The fraction of sp³-hybridized carbons (Fsp3) is 0.300. The molecule has 1 amide bonds. The largest absolute Gasteiger partial charge is 0.490 e. The normalized spacial score (nSPS) is 9.76. The Hall–Kier alpha value is -1.82. The highest BCUT2D eigenvalue weighted by Crippen LogP contribution is 2.27. The Balaban J connectivity index is 2.99. The highest BCUT2D eigenvalue weighted by atomic mass is 35.5. The number of nitro benzene ring substituents is 1. The van der Waals surface area contributed by atoms with Crippen LogP contribution in [-0.2, 0) is 0 Å². The maximum Gasteiger partial charge on any atom is 0.311 e. The summed E-state index contributed by atoms with van der Waals surface area (Å²) >= 11 is 5.42. The summed E-state index contributed by atoms with van der Waals surface area (Å²) in [4.78, 5) is 21.7. The molecule has 0 heterocycles. The Morgan fingerprint density at radius 1 is 1.59 bits per heavy atom. The van der Waals surface area contributed by atoms with Gasteiger partial charge in [0.2, 0.25) is 0 Å². The molecule has 0 spiro atoms. The van der Waals surface area contributed by atoms with Gasteiger partial charge in [-0.15, -0.1) is 11.6 Å². The van der Waals surface area contributed by atoms with E-state index < -0.39 is 10.8 Å². The summed E-state index contributed by atoms with van der Waals surface area (Å²) in [7, 11) is 1.33. The van der Waals surface area contributed by atoms with E-state index in [0.29, 0.717) is 6.54 Å². The van der Waals surface area contributed by atoms with Crippen LogP contribution in [0.3, 0.4) is 0 Å². The first-order valence-corrected chi connectivity index (χ1v) is 5.30. The number of halogens is 1. The molecule has 0 atom stereocenters. The molecule has 0 saturated carbocycles. The van der Waals surface area contributed by atoms with Gasteiger partial charge in [0, 0.05) is 24.1 Å². The van der Waals surface area contributed by atoms with Gasteiger partial charge >= 0.3 is 5.69 Å². The number of nitro groups is 1. The van der Waals surface area contributed by atoms with Gasteiger partial charge in [-0.05, 0) is 12.1 Å². The lowest BCUT2D eigenvalue weighted by molar-refractivity contribution is -0.385. The molecular formula is C10H11ClN2O4. The lowest BCUT2D eigenvalue weighted by Gasteiger charge is -2.05. The maximum absolute atomic E-state index is 11.5. The van der Waals surface area contributed by atoms with Crippen molar-refractivity contribution in [1.82, 2.24) is 5.32 Å². The van der Waals surface area contributed by atoms with E-state index in [-0.39, 0.29) is 22.9 Å². The number of benzene rings is 1. The molecule has 6 nitrogen and oxygen atoms in total. The average molecular weight is 259 g/mol. The lowest BCUT2D eigenvalue weighted by Crippen LogP contribution is -2.25. The Bertz CT molecular complexity index is 436. The van der Waals surface area contributed by atoms with Gasteiger partial charge in [0.1, 0.15) is 0 Å². The van der Waals surface area contributed by atoms with E-state index in [1.807, 2.05) is 0 Å². The van der Waals surface area contributed by atoms with Gasteiger partial charge in [-0.2, -0.15) is 0 Å². The summed E-state index contributed by atoms with van der Waals surface area (Å²) in [6, 6.07) is 4.01. The highest BCUT2D eigenvalue weighted by molar-refractivity contribution is 6.18. The van der Waals surface area contributed by atoms with Crippen LogP contribution in [0.1, 0.15) is 10.4 Å². The van der Waals surface area contributed by atoms with Gasteiger partial charge in [0.05, 0.1) is 12.0 Å². The fourth-order valence-electron chi connectivity index (χ4n) is 1.24. The van der Waals surface area contributed by atoms with E-state index >= 15 is 0 Å². The van der Waals surface area contributed by atoms with Crippen molar-refractivity contribution in [3.05, 3.63) is 33.9 Å². The zero-order valence-electron chi connectivity index (χ0n) is 9.10. The van der Waals surface area contributed by atoms with E-state index in [9.17, 15) is 14.9 Å². The zero-order valence-corrected chi connectivity index (χ0v) is 9.86. The second-order valence-electron chi connectivity index (χ2n) is 3.09. The van der Waals surface area contributed by atoms with Crippen molar-refractivity contribution < 1.29 is 14.5 Å². The summed E-state index contributed by atoms with van der Waals surface area (Å²) in [5.41, 5.74) is -0.0476. The molecule has 0 saturated heterocycles. The minimum atomic E-state index is -0.600. The number of hydrogen-bond acceptors (Lipinski definition) is 4. The van der Waals surface area contributed by atoms with Crippen LogP contribution in [0.5, 0.6) is 5.75 Å². The molecule has 0 aliphatic heterocycles. The van der Waals surface area contributed by atoms with Gasteiger partial charge in [0.25, 0.3) is 5.91 Å². The molecule has 1 rings (SSSR count). The molecule has 0 radical (unpaired) electrons. The molecule has 0 aliphatic rings. The number of amides is 1. The molecule has 0 unspecified atom stereocenters. The van der Waals surface area contributed by atoms with Crippen LogP contribution in [0, 0.1) is 10.1 Å². The van der Waals surface area contributed by atoms with Gasteiger partial charge in [-0.25, -0.2) is 0 Å². The zero-order chi connectivity index (χ0) is 12.8. The molecule has 7 heteroatoms. The lowest BCUT2D eigenvalue weighted by atomic mass is 10.1. The molecule has 0 fully saturated rings. The number of nitrogens with one attached hydrogen (secondary N) is 1. The van der Waals surface area contributed by atoms with Gasteiger partial charge in [0.15, 0.2) is 5.75 Å². The molecule has 0 bridgehead atoms. The number of hydrogen-bond donors (Lipinski definition) is 1. The summed E-state index contributed by atoms with van der Waals surface area (Å²) in [6.45, 7) is 0.306. The minimum absolute atomic E-state index is 0.115. The van der Waals surface area contributed by atoms with E-state index in [4.69, 9.17) is 16.3 Å². The number of nitrogens with zero attached hydrogens (tertiary/aromatic N) is 1. The summed E-state index contributed by atoms with van der Waals surface area (Å²) in [5.74, 6) is -0.00966. The van der Waals surface area contributed by atoms with Crippen molar-refractivity contribution >= 4 is 23.2 Å². The van der Waals surface area contributed by atoms with E-state index in [1.54, 1.807) is 0 Å². The van der Waals surface area contributed by atoms with Gasteiger partial charge in [-0.1, -0.05) is 0 Å². The van der Waals surface area contributed by atoms with Gasteiger partial charge < -0.3 is 10.1 Å². The van der Waals surface area contributed by atoms with Crippen LogP contribution in [0.4, 0.5) is 5.69 Å². The van der Waals surface area contributed by atoms with Crippen molar-refractivity contribution in [3.8, 4) is 5.75 Å². The molecule has 0 aliphatic carbocycles. The second kappa shape index (κ2) is 6.05. The van der Waals surface area contributed by atoms with Crippen molar-refractivity contribution in [2.24, 2.45) is 0 Å². The average Bonchev–Trinajstić information content (AvgIpc) is 2.34. The molecule has 1 N–H and O–H groups in total. The third kappa shape index (κ3) is 3.32. The Morgan fingerprint density at radius 2 is 2.29 bits per heavy atom. The number of carbonyl (C=O) groups is 1. The van der Waals surface area contributed by atoms with Crippen LogP contribution < -0.4 is 10.1 Å². The number of alkyl halides is 1. The SMILES string of the molecule is COc1ccc(C(=O)NCCCl)cc1[N+](=O)[O-]. The van der Waals surface area contributed by atoms with Crippen molar-refractivity contribution in [1.29, 1.82) is 0 Å². The number of rotatable bonds is 5. The first-order chi connectivity index (χ1) is 8.10. The van der Waals surface area contributed by atoms with E-state index in [1.165, 1.54) is 25.3 Å². The van der Waals surface area contributed by atoms with Crippen LogP contribution >= 0.6 is 11.6 Å². The molecule has 17 heavy (non-hydrogen) atoms. The standard InChI is InChI=1S/C10H11ClN2O4/c1-17-9-3-2-7(6-8(9)13(15)16)10(14)12-5-4-11/h2-3,6H,4-5H2,1H3,(H,12,14). The van der Waals surface area contributed by atoms with Crippen molar-refractivity contribution in [2.75, 3.05) is 19.5 Å². The molecule has 1 aromatic carbocycles. The van der Waals surface area contributed by atoms with Crippen molar-refractivity contribution in [2.45, 2.75) is 0 Å². The van der Waals surface area contributed by atoms with E-state index in [2.05, 4.69) is 5.32 Å². The van der Waals surface area contributed by atoms with Crippen LogP contribution in [0.25, 0.3) is 0 Å².